The number of benzene rings is 2. The third-order valence-electron chi connectivity index (χ3n) is 6.17. The van der Waals surface area contributed by atoms with Gasteiger partial charge in [0.25, 0.3) is 5.97 Å². The number of β-amino-alcohol motifs (C(OH)–C–C–N with tert-alkyl or cyclic N) is 1. The number of likely N-dealkylation sites (tertiary alicyclic amines) is 1. The molecule has 0 bridgehead atoms. The first-order valence-electron chi connectivity index (χ1n) is 10.5. The molecule has 2 fully saturated rings. The molecule has 6 nitrogen and oxygen atoms in total. The van der Waals surface area contributed by atoms with Gasteiger partial charge >= 0.3 is 0 Å². The van der Waals surface area contributed by atoms with Crippen LogP contribution in [-0.4, -0.2) is 58.6 Å². The van der Waals surface area contributed by atoms with E-state index in [0.717, 1.165) is 25.6 Å². The van der Waals surface area contributed by atoms with E-state index in [0.29, 0.717) is 23.9 Å². The van der Waals surface area contributed by atoms with Crippen molar-refractivity contribution in [3.63, 3.8) is 0 Å². The number of nitrogens with zero attached hydrogens (tertiary/aromatic N) is 1. The molecule has 4 atom stereocenters. The molecule has 168 valence electrons. The Bertz CT molecular complexity index is 889. The minimum Gasteiger partial charge on any atom is -0.492 e. The van der Waals surface area contributed by atoms with E-state index in [-0.39, 0.29) is 23.9 Å². The first-order valence-corrected chi connectivity index (χ1v) is 10.9. The van der Waals surface area contributed by atoms with Crippen molar-refractivity contribution in [1.29, 1.82) is 0 Å². The molecule has 1 aliphatic carbocycles. The highest BCUT2D eigenvalue weighted by Crippen LogP contribution is 2.68. The molecular formula is C24H30ClNO5. The van der Waals surface area contributed by atoms with Crippen molar-refractivity contribution in [3.8, 4) is 5.75 Å². The number of aliphatic carboxylic acids is 1. The smallest absolute Gasteiger partial charge is 0.300 e. The normalized spacial score (nSPS) is 26.9. The molecule has 1 spiro atoms. The van der Waals surface area contributed by atoms with E-state index in [1.807, 2.05) is 43.3 Å². The van der Waals surface area contributed by atoms with Crippen LogP contribution < -0.4 is 4.74 Å². The van der Waals surface area contributed by atoms with Crippen LogP contribution in [0.2, 0.25) is 5.02 Å². The van der Waals surface area contributed by atoms with Crippen molar-refractivity contribution < 1.29 is 24.9 Å². The molecule has 1 heterocycles. The van der Waals surface area contributed by atoms with Gasteiger partial charge in [-0.25, -0.2) is 0 Å². The molecule has 2 aromatic carbocycles. The van der Waals surface area contributed by atoms with Crippen molar-refractivity contribution in [3.05, 3.63) is 64.7 Å². The van der Waals surface area contributed by atoms with Gasteiger partial charge in [0, 0.05) is 38.6 Å². The molecule has 0 aromatic heterocycles. The van der Waals surface area contributed by atoms with E-state index in [4.69, 9.17) is 26.2 Å². The number of aliphatic hydroxyl groups is 2. The molecule has 4 rings (SSSR count). The maximum atomic E-state index is 10.9. The zero-order valence-corrected chi connectivity index (χ0v) is 18.6. The monoisotopic (exact) mass is 447 g/mol. The van der Waals surface area contributed by atoms with Gasteiger partial charge in [-0.2, -0.15) is 0 Å². The summed E-state index contributed by atoms with van der Waals surface area (Å²) in [4.78, 5) is 11.3. The van der Waals surface area contributed by atoms with Crippen LogP contribution in [-0.2, 0) is 11.3 Å². The largest absolute Gasteiger partial charge is 0.492 e. The van der Waals surface area contributed by atoms with E-state index in [2.05, 4.69) is 17.0 Å². The first-order chi connectivity index (χ1) is 14.8. The summed E-state index contributed by atoms with van der Waals surface area (Å²) in [6.45, 7) is 5.84. The molecule has 2 aromatic rings. The number of carbonyl (C=O) groups is 1. The number of aliphatic hydroxyl groups excluding tert-OH is 2. The molecule has 3 N–H and O–H groups in total. The average molecular weight is 448 g/mol. The minimum absolute atomic E-state index is 0.110. The lowest BCUT2D eigenvalue weighted by atomic mass is 9.95. The Morgan fingerprint density at radius 3 is 2.52 bits per heavy atom. The van der Waals surface area contributed by atoms with Gasteiger partial charge in [-0.05, 0) is 42.0 Å². The highest BCUT2D eigenvalue weighted by atomic mass is 35.5. The van der Waals surface area contributed by atoms with Gasteiger partial charge in [0.1, 0.15) is 5.75 Å². The van der Waals surface area contributed by atoms with Crippen molar-refractivity contribution in [2.24, 2.45) is 11.3 Å². The second-order valence-electron chi connectivity index (χ2n) is 8.19. The molecule has 0 amide bonds. The highest BCUT2D eigenvalue weighted by Gasteiger charge is 2.70. The SMILES string of the molecule is CC(=O)O.CCOc1ccc(CN2C[C@H](O)[C@@]3(C2)[C@H](CO)[C@H]3c2ccccc2)cc1Cl. The summed E-state index contributed by atoms with van der Waals surface area (Å²) in [6, 6.07) is 16.1. The molecule has 0 radical (unpaired) electrons. The summed E-state index contributed by atoms with van der Waals surface area (Å²) < 4.78 is 5.50. The Balaban J connectivity index is 0.000000628. The van der Waals surface area contributed by atoms with E-state index in [9.17, 15) is 10.2 Å². The Morgan fingerprint density at radius 1 is 1.26 bits per heavy atom. The van der Waals surface area contributed by atoms with E-state index >= 15 is 0 Å². The van der Waals surface area contributed by atoms with Gasteiger partial charge in [-0.1, -0.05) is 48.0 Å². The Labute approximate surface area is 188 Å². The number of carboxylic acids is 1. The van der Waals surface area contributed by atoms with Crippen molar-refractivity contribution in [2.45, 2.75) is 32.4 Å². The number of halogens is 1. The number of hydrogen-bond acceptors (Lipinski definition) is 5. The van der Waals surface area contributed by atoms with Gasteiger partial charge < -0.3 is 20.1 Å². The van der Waals surface area contributed by atoms with Crippen molar-refractivity contribution in [1.82, 2.24) is 4.90 Å². The fourth-order valence-corrected chi connectivity index (χ4v) is 5.21. The number of rotatable bonds is 6. The van der Waals surface area contributed by atoms with Crippen LogP contribution in [0.1, 0.15) is 30.9 Å². The van der Waals surface area contributed by atoms with Gasteiger partial charge in [-0.3, -0.25) is 9.69 Å². The van der Waals surface area contributed by atoms with Crippen molar-refractivity contribution >= 4 is 17.6 Å². The summed E-state index contributed by atoms with van der Waals surface area (Å²) >= 11 is 6.31. The Kier molecular flexibility index (Phi) is 7.59. The molecule has 1 saturated carbocycles. The van der Waals surface area contributed by atoms with Crippen LogP contribution in [0.5, 0.6) is 5.75 Å². The molecule has 7 heteroatoms. The van der Waals surface area contributed by atoms with Crippen LogP contribution in [0.4, 0.5) is 0 Å². The molecular weight excluding hydrogens is 418 g/mol. The maximum absolute atomic E-state index is 10.9. The summed E-state index contributed by atoms with van der Waals surface area (Å²) in [6.07, 6.45) is -0.432. The third-order valence-corrected chi connectivity index (χ3v) is 6.46. The number of carboxylic acid groups (broad SMARTS) is 1. The highest BCUT2D eigenvalue weighted by molar-refractivity contribution is 6.32. The first kappa shape index (κ1) is 23.5. The van der Waals surface area contributed by atoms with Crippen LogP contribution >= 0.6 is 11.6 Å². The second kappa shape index (κ2) is 10.0. The lowest BCUT2D eigenvalue weighted by molar-refractivity contribution is -0.134. The van der Waals surface area contributed by atoms with Crippen LogP contribution in [0.3, 0.4) is 0 Å². The average Bonchev–Trinajstić information content (AvgIpc) is 3.27. The quantitative estimate of drug-likeness (QED) is 0.628. The summed E-state index contributed by atoms with van der Waals surface area (Å²) in [5.41, 5.74) is 2.07. The molecule has 0 unspecified atom stereocenters. The fourth-order valence-electron chi connectivity index (χ4n) is 4.95. The Morgan fingerprint density at radius 2 is 1.94 bits per heavy atom. The Hall–Kier alpha value is -2.12. The molecule has 1 aliphatic heterocycles. The van der Waals surface area contributed by atoms with Crippen LogP contribution in [0.15, 0.2) is 48.5 Å². The van der Waals surface area contributed by atoms with Gasteiger partial charge in [0.05, 0.1) is 17.7 Å². The maximum Gasteiger partial charge on any atom is 0.300 e. The predicted molar refractivity (Wildman–Crippen MR) is 119 cm³/mol. The van der Waals surface area contributed by atoms with Crippen LogP contribution in [0, 0.1) is 11.3 Å². The second-order valence-corrected chi connectivity index (χ2v) is 8.60. The predicted octanol–water partition coefficient (Wildman–Crippen LogP) is 3.40. The van der Waals surface area contributed by atoms with Gasteiger partial charge in [-0.15, -0.1) is 0 Å². The minimum atomic E-state index is -0.833. The lowest BCUT2D eigenvalue weighted by Gasteiger charge is -2.17. The third kappa shape index (κ3) is 5.04. The van der Waals surface area contributed by atoms with Gasteiger partial charge in [0.15, 0.2) is 0 Å². The van der Waals surface area contributed by atoms with E-state index in [1.165, 1.54) is 5.56 Å². The standard InChI is InChI=1S/C22H26ClNO3.C2H4O2/c1-2-27-19-9-8-15(10-18(19)23)11-24-12-20(26)22(14-24)17(13-25)21(22)16-6-4-3-5-7-16;1-2(3)4/h3-10,17,20-21,25-26H,2,11-14H2,1H3;1H3,(H,3,4)/t17-,20+,21-,22-;/m1./s1. The van der Waals surface area contributed by atoms with Crippen molar-refractivity contribution in [2.75, 3.05) is 26.3 Å². The lowest BCUT2D eigenvalue weighted by Crippen LogP contribution is -2.23. The molecule has 2 aliphatic rings. The fraction of sp³-hybridized carbons (Fsp3) is 0.458. The van der Waals surface area contributed by atoms with E-state index < -0.39 is 12.1 Å². The zero-order valence-electron chi connectivity index (χ0n) is 17.9. The molecule has 1 saturated heterocycles. The summed E-state index contributed by atoms with van der Waals surface area (Å²) in [5, 5.41) is 28.8. The summed E-state index contributed by atoms with van der Waals surface area (Å²) in [5.74, 6) is 0.198. The number of hydrogen-bond donors (Lipinski definition) is 3. The molecule has 31 heavy (non-hydrogen) atoms. The van der Waals surface area contributed by atoms with E-state index in [1.54, 1.807) is 0 Å². The zero-order chi connectivity index (χ0) is 22.6. The summed E-state index contributed by atoms with van der Waals surface area (Å²) in [7, 11) is 0. The van der Waals surface area contributed by atoms with Gasteiger partial charge in [0.2, 0.25) is 0 Å². The van der Waals surface area contributed by atoms with Crippen LogP contribution in [0.25, 0.3) is 0 Å². The number of ether oxygens (including phenoxy) is 1. The topological polar surface area (TPSA) is 90.2 Å².